The third kappa shape index (κ3) is 9.67. The zero-order valence-electron chi connectivity index (χ0n) is 16.0. The van der Waals surface area contributed by atoms with Crippen LogP contribution in [-0.4, -0.2) is 32.8 Å². The fourth-order valence-corrected chi connectivity index (χ4v) is 5.39. The van der Waals surface area contributed by atoms with Gasteiger partial charge in [-0.2, -0.15) is 0 Å². The van der Waals surface area contributed by atoms with E-state index in [0.717, 1.165) is 38.5 Å². The molecule has 0 radical (unpaired) electrons. The van der Waals surface area contributed by atoms with Gasteiger partial charge in [0, 0.05) is 5.41 Å². The van der Waals surface area contributed by atoms with Crippen molar-refractivity contribution in [2.45, 2.75) is 66.2 Å². The molecule has 0 spiro atoms. The summed E-state index contributed by atoms with van der Waals surface area (Å²) in [5.74, 6) is 0. The molecule has 0 amide bonds. The monoisotopic (exact) mass is 400 g/mol. The molecule has 1 aliphatic rings. The van der Waals surface area contributed by atoms with Crippen molar-refractivity contribution in [2.75, 3.05) is 32.8 Å². The van der Waals surface area contributed by atoms with Gasteiger partial charge in [-0.3, -0.25) is 18.1 Å². The lowest BCUT2D eigenvalue weighted by Gasteiger charge is -2.34. The maximum atomic E-state index is 12.8. The molecule has 1 rings (SSSR count). The van der Waals surface area contributed by atoms with Crippen LogP contribution in [-0.2, 0) is 31.7 Å². The second-order valence-corrected chi connectivity index (χ2v) is 10.8. The summed E-state index contributed by atoms with van der Waals surface area (Å²) in [5, 5.41) is 0. The minimum atomic E-state index is -3.77. The Morgan fingerprint density at radius 1 is 0.920 bits per heavy atom. The smallest absolute Gasteiger partial charge is 0.306 e. The lowest BCUT2D eigenvalue weighted by Crippen LogP contribution is -2.30. The van der Waals surface area contributed by atoms with Gasteiger partial charge in [-0.05, 0) is 12.8 Å². The van der Waals surface area contributed by atoms with Gasteiger partial charge in [-0.25, -0.2) is 4.57 Å². The molecule has 1 saturated heterocycles. The summed E-state index contributed by atoms with van der Waals surface area (Å²) in [6.45, 7) is 9.20. The molecule has 1 fully saturated rings. The Morgan fingerprint density at radius 3 is 1.84 bits per heavy atom. The predicted octanol–water partition coefficient (Wildman–Crippen LogP) is 5.75. The van der Waals surface area contributed by atoms with Crippen molar-refractivity contribution in [1.29, 1.82) is 0 Å². The molecule has 1 aliphatic heterocycles. The van der Waals surface area contributed by atoms with Gasteiger partial charge in [0.05, 0.1) is 26.4 Å². The Hall–Kier alpha value is 0.260. The zero-order valence-corrected chi connectivity index (χ0v) is 17.8. The topological polar surface area (TPSA) is 80.3 Å². The Kier molecular flexibility index (Phi) is 10.4. The van der Waals surface area contributed by atoms with Gasteiger partial charge in [-0.1, -0.05) is 53.4 Å². The van der Waals surface area contributed by atoms with Crippen LogP contribution < -0.4 is 0 Å². The van der Waals surface area contributed by atoms with Gasteiger partial charge in [0.15, 0.2) is 6.35 Å². The van der Waals surface area contributed by atoms with E-state index in [1.807, 2.05) is 13.8 Å². The van der Waals surface area contributed by atoms with Crippen molar-refractivity contribution in [3.8, 4) is 0 Å². The van der Waals surface area contributed by atoms with Crippen LogP contribution in [0.2, 0.25) is 0 Å². The highest BCUT2D eigenvalue weighted by Gasteiger charge is 2.39. The maximum Gasteiger partial charge on any atom is 0.475 e. The SMILES string of the molecule is CCCCCOP(=O)(OCCCCC)OCP1(=O)OCC(C)(C)CO1. The van der Waals surface area contributed by atoms with Crippen LogP contribution in [0.15, 0.2) is 0 Å². The van der Waals surface area contributed by atoms with E-state index in [1.54, 1.807) is 0 Å². The molecule has 0 aromatic rings. The van der Waals surface area contributed by atoms with E-state index >= 15 is 0 Å². The van der Waals surface area contributed by atoms with E-state index < -0.39 is 21.8 Å². The zero-order chi connectivity index (χ0) is 18.8. The van der Waals surface area contributed by atoms with Gasteiger partial charge in [0.2, 0.25) is 0 Å². The molecule has 0 aromatic heterocycles. The van der Waals surface area contributed by atoms with Crippen molar-refractivity contribution < 1.29 is 31.7 Å². The summed E-state index contributed by atoms with van der Waals surface area (Å²) in [6.07, 6.45) is 5.09. The largest absolute Gasteiger partial charge is 0.475 e. The Morgan fingerprint density at radius 2 is 1.40 bits per heavy atom. The highest BCUT2D eigenvalue weighted by atomic mass is 31.2. The van der Waals surface area contributed by atoms with Crippen molar-refractivity contribution in [1.82, 2.24) is 0 Å². The molecule has 0 atom stereocenters. The highest BCUT2D eigenvalue weighted by Crippen LogP contribution is 2.59. The molecule has 0 N–H and O–H groups in total. The third-order valence-electron chi connectivity index (χ3n) is 3.67. The first-order valence-corrected chi connectivity index (χ1v) is 12.3. The summed E-state index contributed by atoms with van der Waals surface area (Å²) in [5.41, 5.74) is -0.203. The van der Waals surface area contributed by atoms with Crippen LogP contribution in [0.3, 0.4) is 0 Å². The second kappa shape index (κ2) is 11.2. The molecule has 7 nitrogen and oxygen atoms in total. The number of rotatable bonds is 13. The predicted molar refractivity (Wildman–Crippen MR) is 97.8 cm³/mol. The Balaban J connectivity index is 2.53. The second-order valence-electron chi connectivity index (χ2n) is 7.11. The minimum absolute atomic E-state index is 0.203. The lowest BCUT2D eigenvalue weighted by atomic mass is 9.97. The first-order valence-electron chi connectivity index (χ1n) is 9.16. The van der Waals surface area contributed by atoms with Crippen molar-refractivity contribution >= 4 is 15.4 Å². The normalized spacial score (nSPS) is 19.8. The fourth-order valence-electron chi connectivity index (χ4n) is 2.01. The average molecular weight is 400 g/mol. The van der Waals surface area contributed by atoms with Crippen molar-refractivity contribution in [2.24, 2.45) is 5.41 Å². The summed E-state index contributed by atoms with van der Waals surface area (Å²) in [7, 11) is -7.21. The summed E-state index contributed by atoms with van der Waals surface area (Å²) < 4.78 is 52.0. The standard InChI is InChI=1S/C16H34O7P2/c1-5-7-9-11-19-25(18,20-12-10-8-6-2)23-15-24(17)21-13-16(3,4)14-22-24/h5-15H2,1-4H3. The summed E-state index contributed by atoms with van der Waals surface area (Å²) >= 11 is 0. The van der Waals surface area contributed by atoms with E-state index in [1.165, 1.54) is 0 Å². The van der Waals surface area contributed by atoms with Crippen molar-refractivity contribution in [3.05, 3.63) is 0 Å². The molecule has 0 aromatic carbocycles. The molecule has 0 aliphatic carbocycles. The molecule has 0 unspecified atom stereocenters. The van der Waals surface area contributed by atoms with Gasteiger partial charge < -0.3 is 9.05 Å². The molecule has 9 heteroatoms. The van der Waals surface area contributed by atoms with Crippen LogP contribution >= 0.6 is 15.4 Å². The first-order chi connectivity index (χ1) is 11.7. The number of unbranched alkanes of at least 4 members (excludes halogenated alkanes) is 4. The van der Waals surface area contributed by atoms with Crippen LogP contribution in [0, 0.1) is 5.41 Å². The van der Waals surface area contributed by atoms with Gasteiger partial charge in [-0.15, -0.1) is 0 Å². The lowest BCUT2D eigenvalue weighted by molar-refractivity contribution is 0.0312. The molecule has 1 heterocycles. The quantitative estimate of drug-likeness (QED) is 0.288. The molecular formula is C16H34O7P2. The van der Waals surface area contributed by atoms with Gasteiger partial charge in [0.25, 0.3) is 0 Å². The van der Waals surface area contributed by atoms with Gasteiger partial charge >= 0.3 is 15.4 Å². The molecule has 25 heavy (non-hydrogen) atoms. The summed E-state index contributed by atoms with van der Waals surface area (Å²) in [6, 6.07) is 0. The Bertz CT molecular complexity index is 437. The Labute approximate surface area is 152 Å². The minimum Gasteiger partial charge on any atom is -0.306 e. The van der Waals surface area contributed by atoms with Crippen molar-refractivity contribution in [3.63, 3.8) is 0 Å². The summed E-state index contributed by atoms with van der Waals surface area (Å²) in [4.78, 5) is 0. The van der Waals surface area contributed by atoms with E-state index in [9.17, 15) is 9.13 Å². The molecular weight excluding hydrogens is 366 g/mol. The first kappa shape index (κ1) is 23.3. The maximum absolute atomic E-state index is 12.8. The molecule has 150 valence electrons. The number of phosphoric ester groups is 1. The highest BCUT2D eigenvalue weighted by molar-refractivity contribution is 7.55. The van der Waals surface area contributed by atoms with Crippen LogP contribution in [0.1, 0.15) is 66.2 Å². The van der Waals surface area contributed by atoms with E-state index in [-0.39, 0.29) is 18.6 Å². The number of hydrogen-bond acceptors (Lipinski definition) is 7. The van der Waals surface area contributed by atoms with Crippen LogP contribution in [0.4, 0.5) is 0 Å². The molecule has 0 bridgehead atoms. The third-order valence-corrected chi connectivity index (χ3v) is 6.81. The van der Waals surface area contributed by atoms with E-state index in [0.29, 0.717) is 13.2 Å². The van der Waals surface area contributed by atoms with Crippen LogP contribution in [0.25, 0.3) is 0 Å². The number of hydrogen-bond donors (Lipinski definition) is 0. The molecule has 0 saturated carbocycles. The fraction of sp³-hybridized carbons (Fsp3) is 1.00. The number of phosphoric acid groups is 1. The average Bonchev–Trinajstić information content (AvgIpc) is 2.58. The van der Waals surface area contributed by atoms with E-state index in [2.05, 4.69) is 13.8 Å². The van der Waals surface area contributed by atoms with E-state index in [4.69, 9.17) is 22.6 Å². The van der Waals surface area contributed by atoms with Gasteiger partial charge in [0.1, 0.15) is 0 Å². The van der Waals surface area contributed by atoms with Crippen LogP contribution in [0.5, 0.6) is 0 Å².